The van der Waals surface area contributed by atoms with E-state index in [2.05, 4.69) is 0 Å². The zero-order valence-electron chi connectivity index (χ0n) is 11.1. The average molecular weight is 238 g/mol. The zero-order valence-corrected chi connectivity index (χ0v) is 11.1. The number of aliphatic hydroxyl groups is 1. The first-order valence-corrected chi connectivity index (χ1v) is 6.08. The second-order valence-corrected chi connectivity index (χ2v) is 4.08. The highest BCUT2D eigenvalue weighted by Crippen LogP contribution is 2.24. The van der Waals surface area contributed by atoms with Crippen LogP contribution in [0.5, 0.6) is 0 Å². The molecule has 0 spiro atoms. The van der Waals surface area contributed by atoms with Crippen LogP contribution in [0.3, 0.4) is 0 Å². The van der Waals surface area contributed by atoms with Crippen molar-refractivity contribution in [1.82, 2.24) is 0 Å². The predicted molar refractivity (Wildman–Crippen MR) is 67.9 cm³/mol. The Hall–Kier alpha value is -0.900. The number of aryl methyl sites for hydroxylation is 2. The van der Waals surface area contributed by atoms with Crippen molar-refractivity contribution in [2.75, 3.05) is 13.2 Å². The van der Waals surface area contributed by atoms with Gasteiger partial charge in [-0.05, 0) is 38.8 Å². The molecular formula is C14H22O3. The van der Waals surface area contributed by atoms with Crippen LogP contribution in [-0.2, 0) is 9.47 Å². The summed E-state index contributed by atoms with van der Waals surface area (Å²) in [5, 5.41) is 10.3. The monoisotopic (exact) mass is 238 g/mol. The van der Waals surface area contributed by atoms with Gasteiger partial charge in [-0.1, -0.05) is 23.8 Å². The Balaban J connectivity index is 2.91. The van der Waals surface area contributed by atoms with Gasteiger partial charge in [0.2, 0.25) is 0 Å². The van der Waals surface area contributed by atoms with Crippen molar-refractivity contribution in [1.29, 1.82) is 0 Å². The molecule has 1 aromatic rings. The smallest absolute Gasteiger partial charge is 0.187 e. The normalized spacial score (nSPS) is 13.1. The molecule has 1 N–H and O–H groups in total. The fraction of sp³-hybridized carbons (Fsp3) is 0.571. The lowest BCUT2D eigenvalue weighted by molar-refractivity contribution is -0.191. The molecule has 0 radical (unpaired) electrons. The third kappa shape index (κ3) is 3.80. The van der Waals surface area contributed by atoms with Crippen LogP contribution in [0.2, 0.25) is 0 Å². The quantitative estimate of drug-likeness (QED) is 0.774. The van der Waals surface area contributed by atoms with Crippen molar-refractivity contribution in [3.05, 3.63) is 34.9 Å². The number of rotatable bonds is 6. The number of benzene rings is 1. The van der Waals surface area contributed by atoms with Gasteiger partial charge in [0, 0.05) is 13.2 Å². The van der Waals surface area contributed by atoms with Crippen molar-refractivity contribution >= 4 is 0 Å². The third-order valence-electron chi connectivity index (χ3n) is 2.67. The molecule has 17 heavy (non-hydrogen) atoms. The summed E-state index contributed by atoms with van der Waals surface area (Å²) in [4.78, 5) is 0. The second kappa shape index (κ2) is 6.74. The highest BCUT2D eigenvalue weighted by Gasteiger charge is 2.23. The van der Waals surface area contributed by atoms with Gasteiger partial charge in [-0.3, -0.25) is 0 Å². The van der Waals surface area contributed by atoms with E-state index >= 15 is 0 Å². The summed E-state index contributed by atoms with van der Waals surface area (Å²) < 4.78 is 10.8. The van der Waals surface area contributed by atoms with Crippen LogP contribution in [0.4, 0.5) is 0 Å². The molecule has 0 bridgehead atoms. The molecule has 3 nitrogen and oxygen atoms in total. The molecule has 0 aliphatic heterocycles. The van der Waals surface area contributed by atoms with E-state index in [1.165, 1.54) is 0 Å². The summed E-state index contributed by atoms with van der Waals surface area (Å²) in [5.74, 6) is 0. The van der Waals surface area contributed by atoms with Crippen LogP contribution in [0.25, 0.3) is 0 Å². The fourth-order valence-electron chi connectivity index (χ4n) is 1.78. The minimum absolute atomic E-state index is 0.520. The molecule has 3 heteroatoms. The Bertz CT molecular complexity index is 343. The molecular weight excluding hydrogens is 216 g/mol. The molecule has 1 atom stereocenters. The van der Waals surface area contributed by atoms with Gasteiger partial charge in [-0.15, -0.1) is 0 Å². The van der Waals surface area contributed by atoms with Gasteiger partial charge in [0.05, 0.1) is 0 Å². The highest BCUT2D eigenvalue weighted by molar-refractivity contribution is 5.32. The largest absolute Gasteiger partial charge is 0.383 e. The first-order chi connectivity index (χ1) is 8.10. The van der Waals surface area contributed by atoms with Gasteiger partial charge in [0.1, 0.15) is 6.10 Å². The number of aliphatic hydroxyl groups excluding tert-OH is 1. The van der Waals surface area contributed by atoms with E-state index in [0.717, 1.165) is 16.7 Å². The van der Waals surface area contributed by atoms with Gasteiger partial charge < -0.3 is 14.6 Å². The molecule has 0 aliphatic rings. The first-order valence-electron chi connectivity index (χ1n) is 6.08. The zero-order chi connectivity index (χ0) is 12.8. The maximum absolute atomic E-state index is 10.3. The lowest BCUT2D eigenvalue weighted by Gasteiger charge is -2.24. The molecule has 0 aliphatic carbocycles. The van der Waals surface area contributed by atoms with E-state index in [9.17, 15) is 5.11 Å². The SMILES string of the molecule is CCOC(OCC)C(O)c1cc(C)ccc1C. The Labute approximate surface area is 103 Å². The Morgan fingerprint density at radius 2 is 1.71 bits per heavy atom. The summed E-state index contributed by atoms with van der Waals surface area (Å²) in [6.45, 7) is 8.81. The van der Waals surface area contributed by atoms with E-state index in [-0.39, 0.29) is 0 Å². The summed E-state index contributed by atoms with van der Waals surface area (Å²) in [5.41, 5.74) is 3.04. The topological polar surface area (TPSA) is 38.7 Å². The van der Waals surface area contributed by atoms with E-state index in [4.69, 9.17) is 9.47 Å². The van der Waals surface area contributed by atoms with E-state index in [1.54, 1.807) is 0 Å². The van der Waals surface area contributed by atoms with Crippen LogP contribution in [0.15, 0.2) is 18.2 Å². The molecule has 96 valence electrons. The lowest BCUT2D eigenvalue weighted by Crippen LogP contribution is -2.26. The van der Waals surface area contributed by atoms with Gasteiger partial charge in [-0.2, -0.15) is 0 Å². The number of hydrogen-bond donors (Lipinski definition) is 1. The van der Waals surface area contributed by atoms with Crippen LogP contribution in [-0.4, -0.2) is 24.6 Å². The first kappa shape index (κ1) is 14.2. The van der Waals surface area contributed by atoms with Crippen LogP contribution >= 0.6 is 0 Å². The minimum atomic E-state index is -0.741. The van der Waals surface area contributed by atoms with Gasteiger partial charge in [0.25, 0.3) is 0 Å². The van der Waals surface area contributed by atoms with Crippen LogP contribution in [0, 0.1) is 13.8 Å². The maximum atomic E-state index is 10.3. The van der Waals surface area contributed by atoms with Gasteiger partial charge >= 0.3 is 0 Å². The van der Waals surface area contributed by atoms with Crippen molar-refractivity contribution < 1.29 is 14.6 Å². The molecule has 0 saturated heterocycles. The van der Waals surface area contributed by atoms with Crippen molar-refractivity contribution in [3.63, 3.8) is 0 Å². The number of hydrogen-bond acceptors (Lipinski definition) is 3. The molecule has 0 heterocycles. The van der Waals surface area contributed by atoms with E-state index < -0.39 is 12.4 Å². The summed E-state index contributed by atoms with van der Waals surface area (Å²) in [7, 11) is 0. The van der Waals surface area contributed by atoms with Gasteiger partial charge in [-0.25, -0.2) is 0 Å². The highest BCUT2D eigenvalue weighted by atomic mass is 16.7. The Morgan fingerprint density at radius 3 is 2.24 bits per heavy atom. The van der Waals surface area contributed by atoms with Gasteiger partial charge in [0.15, 0.2) is 6.29 Å². The number of ether oxygens (including phenoxy) is 2. The fourth-order valence-corrected chi connectivity index (χ4v) is 1.78. The molecule has 0 saturated carbocycles. The lowest BCUT2D eigenvalue weighted by atomic mass is 10.0. The maximum Gasteiger partial charge on any atom is 0.187 e. The second-order valence-electron chi connectivity index (χ2n) is 4.08. The average Bonchev–Trinajstić information content (AvgIpc) is 2.31. The van der Waals surface area contributed by atoms with Crippen molar-refractivity contribution in [2.45, 2.75) is 40.1 Å². The van der Waals surface area contributed by atoms with Crippen LogP contribution < -0.4 is 0 Å². The van der Waals surface area contributed by atoms with Crippen molar-refractivity contribution in [3.8, 4) is 0 Å². The third-order valence-corrected chi connectivity index (χ3v) is 2.67. The molecule has 1 unspecified atom stereocenters. The van der Waals surface area contributed by atoms with Crippen LogP contribution in [0.1, 0.15) is 36.6 Å². The summed E-state index contributed by atoms with van der Waals surface area (Å²) in [6, 6.07) is 6.01. The predicted octanol–water partition coefficient (Wildman–Crippen LogP) is 2.74. The summed E-state index contributed by atoms with van der Waals surface area (Å²) >= 11 is 0. The van der Waals surface area contributed by atoms with Crippen molar-refractivity contribution in [2.24, 2.45) is 0 Å². The standard InChI is InChI=1S/C14H22O3/c1-5-16-14(17-6-2)13(15)12-9-10(3)7-8-11(12)4/h7-9,13-15H,5-6H2,1-4H3. The molecule has 1 aromatic carbocycles. The molecule has 0 fully saturated rings. The minimum Gasteiger partial charge on any atom is -0.383 e. The Morgan fingerprint density at radius 1 is 1.12 bits per heavy atom. The molecule has 0 amide bonds. The van der Waals surface area contributed by atoms with E-state index in [1.807, 2.05) is 45.9 Å². The molecule has 0 aromatic heterocycles. The Kier molecular flexibility index (Phi) is 5.62. The molecule has 1 rings (SSSR count). The van der Waals surface area contributed by atoms with E-state index in [0.29, 0.717) is 13.2 Å². The summed E-state index contributed by atoms with van der Waals surface area (Å²) in [6.07, 6.45) is -1.33.